The quantitative estimate of drug-likeness (QED) is 0.895. The highest BCUT2D eigenvalue weighted by Crippen LogP contribution is 2.31. The van der Waals surface area contributed by atoms with Gasteiger partial charge in [-0.2, -0.15) is 5.10 Å². The molecule has 2 aromatic rings. The molecule has 0 saturated heterocycles. The highest BCUT2D eigenvalue weighted by molar-refractivity contribution is 5.93. The first-order chi connectivity index (χ1) is 9.19. The van der Waals surface area contributed by atoms with E-state index in [4.69, 9.17) is 0 Å². The summed E-state index contributed by atoms with van der Waals surface area (Å²) in [5, 5.41) is 7.55. The number of nitrogens with zero attached hydrogens (tertiary/aromatic N) is 3. The Balaban J connectivity index is 2.14. The average molecular weight is 256 g/mol. The number of hydrogen-bond acceptors (Lipinski definition) is 3. The van der Waals surface area contributed by atoms with E-state index in [2.05, 4.69) is 28.4 Å². The lowest BCUT2D eigenvalue weighted by molar-refractivity contribution is -0.116. The van der Waals surface area contributed by atoms with Gasteiger partial charge in [0.2, 0.25) is 5.91 Å². The number of carbonyl (C=O) groups is 1. The molecule has 0 saturated carbocycles. The van der Waals surface area contributed by atoms with Crippen molar-refractivity contribution in [1.29, 1.82) is 0 Å². The van der Waals surface area contributed by atoms with E-state index in [9.17, 15) is 4.79 Å². The summed E-state index contributed by atoms with van der Waals surface area (Å²) in [7, 11) is 0. The van der Waals surface area contributed by atoms with Crippen LogP contribution in [0.3, 0.4) is 0 Å². The zero-order chi connectivity index (χ0) is 13.4. The Bertz CT molecular complexity index is 645. The minimum Gasteiger partial charge on any atom is -0.311 e. The van der Waals surface area contributed by atoms with Crippen molar-refractivity contribution in [2.75, 3.05) is 5.32 Å². The SMILES string of the molecule is CCc1c(-c2cncc(C)c2)nn2c1NC(=O)CC2. The summed E-state index contributed by atoms with van der Waals surface area (Å²) in [6.45, 7) is 4.73. The molecule has 0 aromatic carbocycles. The number of hydrogen-bond donors (Lipinski definition) is 1. The summed E-state index contributed by atoms with van der Waals surface area (Å²) in [5.41, 5.74) is 4.12. The molecule has 0 unspecified atom stereocenters. The molecule has 2 aromatic heterocycles. The van der Waals surface area contributed by atoms with Gasteiger partial charge in [0.25, 0.3) is 0 Å². The fourth-order valence-corrected chi connectivity index (χ4v) is 2.45. The predicted octanol–water partition coefficient (Wildman–Crippen LogP) is 2.16. The van der Waals surface area contributed by atoms with Crippen LogP contribution in [0.1, 0.15) is 24.5 Å². The van der Waals surface area contributed by atoms with E-state index in [1.54, 1.807) is 0 Å². The first-order valence-electron chi connectivity index (χ1n) is 6.50. The highest BCUT2D eigenvalue weighted by Gasteiger charge is 2.23. The topological polar surface area (TPSA) is 59.8 Å². The molecule has 5 heteroatoms. The highest BCUT2D eigenvalue weighted by atomic mass is 16.1. The third-order valence-corrected chi connectivity index (χ3v) is 3.36. The monoisotopic (exact) mass is 256 g/mol. The van der Waals surface area contributed by atoms with Crippen LogP contribution >= 0.6 is 0 Å². The summed E-state index contributed by atoms with van der Waals surface area (Å²) >= 11 is 0. The summed E-state index contributed by atoms with van der Waals surface area (Å²) in [4.78, 5) is 15.7. The standard InChI is InChI=1S/C14H16N4O/c1-3-11-13(10-6-9(2)7-15-8-10)17-18-5-4-12(19)16-14(11)18/h6-8H,3-5H2,1-2H3,(H,16,19). The number of carbonyl (C=O) groups excluding carboxylic acids is 1. The Morgan fingerprint density at radius 3 is 3.00 bits per heavy atom. The Hall–Kier alpha value is -2.17. The van der Waals surface area contributed by atoms with Gasteiger partial charge in [-0.3, -0.25) is 9.78 Å². The summed E-state index contributed by atoms with van der Waals surface area (Å²) in [5.74, 6) is 0.909. The van der Waals surface area contributed by atoms with Crippen molar-refractivity contribution in [3.8, 4) is 11.3 Å². The van der Waals surface area contributed by atoms with Gasteiger partial charge in [-0.15, -0.1) is 0 Å². The van der Waals surface area contributed by atoms with Gasteiger partial charge in [0.15, 0.2) is 0 Å². The van der Waals surface area contributed by atoms with Crippen LogP contribution in [0.2, 0.25) is 0 Å². The summed E-state index contributed by atoms with van der Waals surface area (Å²) < 4.78 is 1.89. The number of aryl methyl sites for hydroxylation is 2. The van der Waals surface area contributed by atoms with Crippen molar-refractivity contribution in [1.82, 2.24) is 14.8 Å². The van der Waals surface area contributed by atoms with E-state index in [1.807, 2.05) is 24.0 Å². The van der Waals surface area contributed by atoms with Crippen LogP contribution in [-0.4, -0.2) is 20.7 Å². The molecule has 5 nitrogen and oxygen atoms in total. The molecule has 1 N–H and O–H groups in total. The predicted molar refractivity (Wildman–Crippen MR) is 72.8 cm³/mol. The molecule has 0 aliphatic carbocycles. The molecule has 3 heterocycles. The van der Waals surface area contributed by atoms with Gasteiger partial charge in [0.1, 0.15) is 5.82 Å². The maximum Gasteiger partial charge on any atom is 0.227 e. The molecule has 1 amide bonds. The number of fused-ring (bicyclic) bond motifs is 1. The van der Waals surface area contributed by atoms with Crippen molar-refractivity contribution in [3.63, 3.8) is 0 Å². The van der Waals surface area contributed by atoms with Crippen LogP contribution in [0.15, 0.2) is 18.5 Å². The van der Waals surface area contributed by atoms with Crippen molar-refractivity contribution in [2.24, 2.45) is 0 Å². The molecule has 0 bridgehead atoms. The van der Waals surface area contributed by atoms with Crippen molar-refractivity contribution >= 4 is 11.7 Å². The van der Waals surface area contributed by atoms with Crippen molar-refractivity contribution in [3.05, 3.63) is 29.6 Å². The summed E-state index contributed by atoms with van der Waals surface area (Å²) in [6, 6.07) is 2.07. The third kappa shape index (κ3) is 2.01. The number of pyridine rings is 1. The molecular formula is C14H16N4O. The second-order valence-electron chi connectivity index (χ2n) is 4.80. The van der Waals surface area contributed by atoms with Crippen LogP contribution < -0.4 is 5.32 Å². The molecular weight excluding hydrogens is 240 g/mol. The molecule has 19 heavy (non-hydrogen) atoms. The van der Waals surface area contributed by atoms with E-state index < -0.39 is 0 Å². The Morgan fingerprint density at radius 2 is 2.26 bits per heavy atom. The van der Waals surface area contributed by atoms with Gasteiger partial charge < -0.3 is 5.32 Å². The van der Waals surface area contributed by atoms with Gasteiger partial charge in [-0.05, 0) is 25.0 Å². The van der Waals surface area contributed by atoms with E-state index in [0.717, 1.165) is 34.6 Å². The van der Waals surface area contributed by atoms with Crippen molar-refractivity contribution < 1.29 is 4.79 Å². The molecule has 1 aliphatic rings. The zero-order valence-corrected chi connectivity index (χ0v) is 11.1. The largest absolute Gasteiger partial charge is 0.311 e. The molecule has 0 fully saturated rings. The second kappa shape index (κ2) is 4.50. The first kappa shape index (κ1) is 11.9. The lowest BCUT2D eigenvalue weighted by Crippen LogP contribution is -2.24. The minimum atomic E-state index is 0.0658. The number of nitrogens with one attached hydrogen (secondary N) is 1. The Kier molecular flexibility index (Phi) is 2.81. The first-order valence-corrected chi connectivity index (χ1v) is 6.50. The van der Waals surface area contributed by atoms with Crippen molar-refractivity contribution in [2.45, 2.75) is 33.2 Å². The normalized spacial score (nSPS) is 14.1. The maximum atomic E-state index is 11.5. The fourth-order valence-electron chi connectivity index (χ4n) is 2.45. The van der Waals surface area contributed by atoms with Gasteiger partial charge in [0.05, 0.1) is 12.2 Å². The molecule has 0 radical (unpaired) electrons. The maximum absolute atomic E-state index is 11.5. The van der Waals surface area contributed by atoms with Gasteiger partial charge >= 0.3 is 0 Å². The van der Waals surface area contributed by atoms with E-state index in [-0.39, 0.29) is 5.91 Å². The van der Waals surface area contributed by atoms with Gasteiger partial charge in [-0.1, -0.05) is 6.92 Å². The lowest BCUT2D eigenvalue weighted by Gasteiger charge is -2.15. The average Bonchev–Trinajstić information content (AvgIpc) is 2.76. The van der Waals surface area contributed by atoms with Crippen LogP contribution in [0, 0.1) is 6.92 Å². The zero-order valence-electron chi connectivity index (χ0n) is 11.1. The smallest absolute Gasteiger partial charge is 0.227 e. The van der Waals surface area contributed by atoms with E-state index >= 15 is 0 Å². The summed E-state index contributed by atoms with van der Waals surface area (Å²) in [6.07, 6.45) is 4.97. The van der Waals surface area contributed by atoms with E-state index in [0.29, 0.717) is 13.0 Å². The molecule has 1 aliphatic heterocycles. The number of anilines is 1. The molecule has 0 spiro atoms. The number of amides is 1. The lowest BCUT2D eigenvalue weighted by atomic mass is 10.1. The number of rotatable bonds is 2. The van der Waals surface area contributed by atoms with Crippen LogP contribution in [0.5, 0.6) is 0 Å². The van der Waals surface area contributed by atoms with E-state index in [1.165, 1.54) is 0 Å². The fraction of sp³-hybridized carbons (Fsp3) is 0.357. The Morgan fingerprint density at radius 1 is 1.42 bits per heavy atom. The minimum absolute atomic E-state index is 0.0658. The molecule has 0 atom stereocenters. The second-order valence-corrected chi connectivity index (χ2v) is 4.80. The van der Waals surface area contributed by atoms with Gasteiger partial charge in [0, 0.05) is 29.9 Å². The van der Waals surface area contributed by atoms with Crippen LogP contribution in [0.4, 0.5) is 5.82 Å². The molecule has 98 valence electrons. The van der Waals surface area contributed by atoms with Gasteiger partial charge in [-0.25, -0.2) is 4.68 Å². The molecule has 3 rings (SSSR count). The number of aromatic nitrogens is 3. The Labute approximate surface area is 111 Å². The van der Waals surface area contributed by atoms with Crippen LogP contribution in [-0.2, 0) is 17.8 Å². The third-order valence-electron chi connectivity index (χ3n) is 3.36. The van der Waals surface area contributed by atoms with Crippen LogP contribution in [0.25, 0.3) is 11.3 Å².